The second-order valence-corrected chi connectivity index (χ2v) is 15.1. The highest BCUT2D eigenvalue weighted by atomic mass is 16.6. The fourth-order valence-corrected chi connectivity index (χ4v) is 6.27. The van der Waals surface area contributed by atoms with Crippen LogP contribution in [0.1, 0.15) is 233 Å². The number of ether oxygens (including phenoxy) is 3. The van der Waals surface area contributed by atoms with E-state index in [0.29, 0.717) is 19.3 Å². The van der Waals surface area contributed by atoms with Crippen molar-refractivity contribution in [3.05, 3.63) is 0 Å². The Morgan fingerprint density at radius 2 is 0.673 bits per heavy atom. The largest absolute Gasteiger partial charge is 0.462 e. The SMILES string of the molecule is CCCCCCCCCCCCCC(=O)O[C@H](COC(=O)CCCCCCCCCCC)COC(=O)CCCCCCCCCCC(C)C. The lowest BCUT2D eigenvalue weighted by atomic mass is 10.0. The quantitative estimate of drug-likeness (QED) is 0.0364. The molecule has 290 valence electrons. The first kappa shape index (κ1) is 47.4. The topological polar surface area (TPSA) is 78.9 Å². The Kier molecular flexibility index (Phi) is 36.4. The standard InChI is InChI=1S/C43H82O6/c1-5-7-9-11-13-15-16-18-24-28-32-36-43(46)49-40(37-47-41(44)34-30-26-22-17-14-12-10-8-6-2)38-48-42(45)35-31-27-23-20-19-21-25-29-33-39(3)4/h39-40H,5-38H2,1-4H3/t40-/m1/s1. The number of hydrogen-bond donors (Lipinski definition) is 0. The van der Waals surface area contributed by atoms with Crippen molar-refractivity contribution in [2.45, 2.75) is 239 Å². The van der Waals surface area contributed by atoms with Gasteiger partial charge in [-0.1, -0.05) is 195 Å². The number of carbonyl (C=O) groups is 3. The van der Waals surface area contributed by atoms with Crippen molar-refractivity contribution in [1.82, 2.24) is 0 Å². The lowest BCUT2D eigenvalue weighted by molar-refractivity contribution is -0.167. The maximum Gasteiger partial charge on any atom is 0.306 e. The highest BCUT2D eigenvalue weighted by molar-refractivity contribution is 5.71. The van der Waals surface area contributed by atoms with Gasteiger partial charge in [-0.15, -0.1) is 0 Å². The molecule has 0 saturated heterocycles. The molecule has 0 aliphatic carbocycles. The molecule has 0 saturated carbocycles. The molecule has 0 amide bonds. The predicted octanol–water partition coefficient (Wildman–Crippen LogP) is 13.2. The molecule has 1 atom stereocenters. The van der Waals surface area contributed by atoms with Gasteiger partial charge in [0.25, 0.3) is 0 Å². The average Bonchev–Trinajstić information content (AvgIpc) is 3.08. The van der Waals surface area contributed by atoms with Crippen LogP contribution in [0.3, 0.4) is 0 Å². The van der Waals surface area contributed by atoms with Gasteiger partial charge in [0.2, 0.25) is 0 Å². The zero-order chi connectivity index (χ0) is 36.0. The second kappa shape index (κ2) is 37.7. The van der Waals surface area contributed by atoms with Crippen molar-refractivity contribution in [1.29, 1.82) is 0 Å². The van der Waals surface area contributed by atoms with E-state index in [1.807, 2.05) is 0 Å². The molecule has 0 unspecified atom stereocenters. The molecule has 49 heavy (non-hydrogen) atoms. The van der Waals surface area contributed by atoms with E-state index in [9.17, 15) is 14.4 Å². The molecular weight excluding hydrogens is 612 g/mol. The minimum atomic E-state index is -0.757. The molecule has 0 radical (unpaired) electrons. The summed E-state index contributed by atoms with van der Waals surface area (Å²) in [5.41, 5.74) is 0. The summed E-state index contributed by atoms with van der Waals surface area (Å²) in [4.78, 5) is 37.5. The maximum atomic E-state index is 12.6. The van der Waals surface area contributed by atoms with Crippen LogP contribution in [0.15, 0.2) is 0 Å². The smallest absolute Gasteiger partial charge is 0.306 e. The van der Waals surface area contributed by atoms with Gasteiger partial charge in [0, 0.05) is 19.3 Å². The predicted molar refractivity (Wildman–Crippen MR) is 206 cm³/mol. The van der Waals surface area contributed by atoms with Gasteiger partial charge in [-0.25, -0.2) is 0 Å². The van der Waals surface area contributed by atoms with Gasteiger partial charge in [-0.2, -0.15) is 0 Å². The lowest BCUT2D eigenvalue weighted by Crippen LogP contribution is -2.30. The van der Waals surface area contributed by atoms with Gasteiger partial charge in [0.05, 0.1) is 0 Å². The summed E-state index contributed by atoms with van der Waals surface area (Å²) in [6, 6.07) is 0. The van der Waals surface area contributed by atoms with Crippen LogP contribution in [0.4, 0.5) is 0 Å². The first-order valence-electron chi connectivity index (χ1n) is 21.4. The van der Waals surface area contributed by atoms with Gasteiger partial charge >= 0.3 is 17.9 Å². The number of carbonyl (C=O) groups excluding carboxylic acids is 3. The summed E-state index contributed by atoms with van der Waals surface area (Å²) in [6.07, 6.45) is 35.2. The molecule has 0 fully saturated rings. The van der Waals surface area contributed by atoms with E-state index >= 15 is 0 Å². The van der Waals surface area contributed by atoms with Gasteiger partial charge < -0.3 is 14.2 Å². The van der Waals surface area contributed by atoms with Gasteiger partial charge in [0.1, 0.15) is 13.2 Å². The fraction of sp³-hybridized carbons (Fsp3) is 0.930. The molecule has 0 heterocycles. The van der Waals surface area contributed by atoms with Crippen LogP contribution >= 0.6 is 0 Å². The number of unbranched alkanes of at least 4 members (excludes halogenated alkanes) is 25. The molecular formula is C43H82O6. The summed E-state index contributed by atoms with van der Waals surface area (Å²) < 4.78 is 16.6. The molecule has 0 rings (SSSR count). The second-order valence-electron chi connectivity index (χ2n) is 15.1. The van der Waals surface area contributed by atoms with E-state index in [-0.39, 0.29) is 31.1 Å². The minimum Gasteiger partial charge on any atom is -0.462 e. The Morgan fingerprint density at radius 1 is 0.388 bits per heavy atom. The molecule has 0 N–H and O–H groups in total. The third-order valence-electron chi connectivity index (χ3n) is 9.54. The summed E-state index contributed by atoms with van der Waals surface area (Å²) in [5.74, 6) is -0.0661. The van der Waals surface area contributed by atoms with Gasteiger partial charge in [-0.3, -0.25) is 14.4 Å². The molecule has 0 spiro atoms. The monoisotopic (exact) mass is 695 g/mol. The summed E-state index contributed by atoms with van der Waals surface area (Å²) in [5, 5.41) is 0. The highest BCUT2D eigenvalue weighted by Gasteiger charge is 2.19. The number of rotatable bonds is 38. The van der Waals surface area contributed by atoms with Crippen molar-refractivity contribution in [2.75, 3.05) is 13.2 Å². The number of hydrogen-bond acceptors (Lipinski definition) is 6. The molecule has 6 heteroatoms. The van der Waals surface area contributed by atoms with Crippen molar-refractivity contribution >= 4 is 17.9 Å². The lowest BCUT2D eigenvalue weighted by Gasteiger charge is -2.18. The molecule has 0 aromatic heterocycles. The van der Waals surface area contributed by atoms with Crippen molar-refractivity contribution < 1.29 is 28.6 Å². The van der Waals surface area contributed by atoms with E-state index < -0.39 is 6.10 Å². The Morgan fingerprint density at radius 3 is 1.00 bits per heavy atom. The van der Waals surface area contributed by atoms with E-state index in [1.165, 1.54) is 128 Å². The molecule has 6 nitrogen and oxygen atoms in total. The van der Waals surface area contributed by atoms with E-state index in [2.05, 4.69) is 27.7 Å². The third kappa shape index (κ3) is 37.5. The number of esters is 3. The average molecular weight is 695 g/mol. The van der Waals surface area contributed by atoms with Crippen molar-refractivity contribution in [3.63, 3.8) is 0 Å². The molecule has 0 aromatic carbocycles. The fourth-order valence-electron chi connectivity index (χ4n) is 6.27. The first-order valence-corrected chi connectivity index (χ1v) is 21.4. The summed E-state index contributed by atoms with van der Waals surface area (Å²) >= 11 is 0. The normalized spacial score (nSPS) is 11.9. The Hall–Kier alpha value is -1.59. The van der Waals surface area contributed by atoms with Crippen LogP contribution in [0, 0.1) is 5.92 Å². The zero-order valence-corrected chi connectivity index (χ0v) is 33.1. The Balaban J connectivity index is 4.34. The maximum absolute atomic E-state index is 12.6. The molecule has 0 aliphatic heterocycles. The van der Waals surface area contributed by atoms with E-state index in [0.717, 1.165) is 63.7 Å². The van der Waals surface area contributed by atoms with Crippen molar-refractivity contribution in [3.8, 4) is 0 Å². The molecule has 0 bridgehead atoms. The van der Waals surface area contributed by atoms with Crippen LogP contribution in [0.5, 0.6) is 0 Å². The van der Waals surface area contributed by atoms with Crippen LogP contribution < -0.4 is 0 Å². The van der Waals surface area contributed by atoms with E-state index in [1.54, 1.807) is 0 Å². The van der Waals surface area contributed by atoms with Crippen LogP contribution in [-0.2, 0) is 28.6 Å². The Bertz CT molecular complexity index is 736. The van der Waals surface area contributed by atoms with Gasteiger partial charge in [-0.05, 0) is 25.2 Å². The third-order valence-corrected chi connectivity index (χ3v) is 9.54. The summed E-state index contributed by atoms with van der Waals surface area (Å²) in [7, 11) is 0. The molecule has 0 aliphatic rings. The zero-order valence-electron chi connectivity index (χ0n) is 33.1. The van der Waals surface area contributed by atoms with Crippen LogP contribution in [-0.4, -0.2) is 37.2 Å². The first-order chi connectivity index (χ1) is 23.9. The molecule has 0 aromatic rings. The van der Waals surface area contributed by atoms with Crippen LogP contribution in [0.25, 0.3) is 0 Å². The highest BCUT2D eigenvalue weighted by Crippen LogP contribution is 2.15. The van der Waals surface area contributed by atoms with E-state index in [4.69, 9.17) is 14.2 Å². The van der Waals surface area contributed by atoms with Crippen molar-refractivity contribution in [2.24, 2.45) is 5.92 Å². The summed E-state index contributed by atoms with van der Waals surface area (Å²) in [6.45, 7) is 8.92. The Labute approximate surface area is 304 Å². The minimum absolute atomic E-state index is 0.0648. The van der Waals surface area contributed by atoms with Gasteiger partial charge in [0.15, 0.2) is 6.10 Å². The van der Waals surface area contributed by atoms with Crippen LogP contribution in [0.2, 0.25) is 0 Å².